The maximum Gasteiger partial charge on any atom is 0.472 e. The molecule has 0 aromatic heterocycles. The molecular weight excluding hydrogens is 1240 g/mol. The first kappa shape index (κ1) is 90.7. The van der Waals surface area contributed by atoms with Crippen molar-refractivity contribution >= 4 is 33.6 Å². The Morgan fingerprint density at radius 3 is 0.895 bits per heavy atom. The van der Waals surface area contributed by atoms with Gasteiger partial charge in [0.05, 0.1) is 26.4 Å². The highest BCUT2D eigenvalue weighted by molar-refractivity contribution is 7.47. The molecule has 544 valence electrons. The zero-order valence-electron chi connectivity index (χ0n) is 59.0. The van der Waals surface area contributed by atoms with Crippen LogP contribution in [-0.4, -0.2) is 95.9 Å². The number of carbonyl (C=O) groups is 3. The summed E-state index contributed by atoms with van der Waals surface area (Å²) in [6.07, 6.45) is 82.2. The van der Waals surface area contributed by atoms with E-state index in [0.29, 0.717) is 19.3 Å². The van der Waals surface area contributed by atoms with Gasteiger partial charge in [-0.2, -0.15) is 0 Å². The molecule has 95 heavy (non-hydrogen) atoms. The number of unbranched alkanes of at least 4 members (excludes halogenated alkanes) is 23. The van der Waals surface area contributed by atoms with E-state index in [1.165, 1.54) is 38.5 Å². The van der Waals surface area contributed by atoms with E-state index < -0.39 is 91.5 Å². The minimum absolute atomic E-state index is 0.0884. The van der Waals surface area contributed by atoms with Gasteiger partial charge in [0.25, 0.3) is 0 Å². The van der Waals surface area contributed by atoms with Crippen molar-refractivity contribution in [2.45, 2.75) is 296 Å². The summed E-state index contributed by atoms with van der Waals surface area (Å²) >= 11 is 0. The molecular formula is C77H130O16P2. The lowest BCUT2D eigenvalue weighted by Crippen LogP contribution is -2.30. The summed E-state index contributed by atoms with van der Waals surface area (Å²) in [5.41, 5.74) is 0. The third kappa shape index (κ3) is 70.8. The van der Waals surface area contributed by atoms with Crippen LogP contribution in [0.2, 0.25) is 0 Å². The summed E-state index contributed by atoms with van der Waals surface area (Å²) < 4.78 is 60.9. The van der Waals surface area contributed by atoms with Crippen molar-refractivity contribution in [3.05, 3.63) is 134 Å². The molecule has 0 aliphatic rings. The number of allylic oxidation sites excluding steroid dienone is 22. The summed E-state index contributed by atoms with van der Waals surface area (Å²) in [7, 11) is -9.79. The summed E-state index contributed by atoms with van der Waals surface area (Å²) in [5, 5.41) is 20.6. The smallest absolute Gasteiger partial charge is 0.463 e. The van der Waals surface area contributed by atoms with Crippen molar-refractivity contribution in [3.8, 4) is 0 Å². The highest BCUT2D eigenvalue weighted by Gasteiger charge is 2.29. The van der Waals surface area contributed by atoms with Crippen molar-refractivity contribution in [1.29, 1.82) is 0 Å². The molecule has 0 radical (unpaired) electrons. The standard InChI is InChI=1S/C77H130O16P2/c1-4-7-10-13-16-19-22-24-26-28-30-32-34-35-37-39-40-42-44-46-49-51-54-57-60-63-75(80)87-66-72(78)67-89-94(83,84)90-68-73(79)69-91-95(85,86)92-71-74(93-77(82)65-62-59-56-53-48-21-18-15-12-9-6-3)70-88-76(81)64-61-58-55-52-50-47-45-43-41-38-36-33-31-29-27-25-23-20-17-14-11-8-5-2/h7-8,10-11,15-20,24-27,30-33,35,37-38,41,72-74,78-79H,4-6,9,12-14,21-23,28-29,34,36,39-40,42-71H2,1-3H3,(H,83,84)(H,85,86)/b10-7-,11-8-,18-15-,19-16-,20-17-,26-24-,27-25-,32-30-,33-31-,37-35-,41-38-. The first-order valence-corrected chi connectivity index (χ1v) is 39.5. The number of hydrogen-bond donors (Lipinski definition) is 4. The van der Waals surface area contributed by atoms with Crippen LogP contribution in [0.15, 0.2) is 134 Å². The van der Waals surface area contributed by atoms with Crippen molar-refractivity contribution in [1.82, 2.24) is 0 Å². The lowest BCUT2D eigenvalue weighted by Gasteiger charge is -2.21. The molecule has 0 aromatic rings. The second kappa shape index (κ2) is 69.6. The molecule has 0 rings (SSSR count). The SMILES string of the molecule is CC/C=C\C/C=C\C/C=C\C/C=C\C/C=C\CCCCCCCCCCCC(=O)OCC(O)COP(=O)(O)OCC(O)COP(=O)(O)OCC(COC(=O)CCCCCCCCC/C=C\C/C=C\C/C=C\C/C=C\C/C=C\CC)OC(=O)CCCCCCC/C=C\CCCC. The number of phosphoric ester groups is 2. The number of aliphatic hydroxyl groups is 2. The van der Waals surface area contributed by atoms with Gasteiger partial charge in [-0.25, -0.2) is 9.13 Å². The largest absolute Gasteiger partial charge is 0.472 e. The Morgan fingerprint density at radius 2 is 0.558 bits per heavy atom. The summed E-state index contributed by atoms with van der Waals surface area (Å²) in [4.78, 5) is 58.4. The highest BCUT2D eigenvalue weighted by Crippen LogP contribution is 2.45. The van der Waals surface area contributed by atoms with Crippen molar-refractivity contribution in [3.63, 3.8) is 0 Å². The lowest BCUT2D eigenvalue weighted by molar-refractivity contribution is -0.161. The second-order valence-electron chi connectivity index (χ2n) is 24.0. The Hall–Kier alpha value is -4.31. The molecule has 0 amide bonds. The molecule has 16 nitrogen and oxygen atoms in total. The van der Waals surface area contributed by atoms with Gasteiger partial charge in [0.1, 0.15) is 25.4 Å². The van der Waals surface area contributed by atoms with Crippen LogP contribution in [0, 0.1) is 0 Å². The molecule has 0 heterocycles. The van der Waals surface area contributed by atoms with E-state index in [2.05, 4.69) is 154 Å². The fourth-order valence-corrected chi connectivity index (χ4v) is 10.9. The average Bonchev–Trinajstić information content (AvgIpc) is 3.35. The lowest BCUT2D eigenvalue weighted by atomic mass is 10.1. The van der Waals surface area contributed by atoms with Gasteiger partial charge in [-0.1, -0.05) is 264 Å². The Bertz CT molecular complexity index is 2260. The van der Waals surface area contributed by atoms with Crippen LogP contribution < -0.4 is 0 Å². The Labute approximate surface area is 575 Å². The van der Waals surface area contributed by atoms with Gasteiger partial charge >= 0.3 is 33.6 Å². The minimum Gasteiger partial charge on any atom is -0.463 e. The molecule has 0 saturated heterocycles. The van der Waals surface area contributed by atoms with E-state index in [1.54, 1.807) is 0 Å². The summed E-state index contributed by atoms with van der Waals surface area (Å²) in [5.74, 6) is -1.61. The van der Waals surface area contributed by atoms with Crippen LogP contribution in [0.5, 0.6) is 0 Å². The number of hydrogen-bond acceptors (Lipinski definition) is 14. The summed E-state index contributed by atoms with van der Waals surface area (Å²) in [6.45, 7) is 2.37. The quantitative estimate of drug-likeness (QED) is 0.0146. The van der Waals surface area contributed by atoms with Crippen LogP contribution in [0.1, 0.15) is 278 Å². The topological polar surface area (TPSA) is 231 Å². The van der Waals surface area contributed by atoms with E-state index in [4.69, 9.17) is 32.3 Å². The van der Waals surface area contributed by atoms with E-state index in [9.17, 15) is 43.5 Å². The molecule has 5 unspecified atom stereocenters. The zero-order chi connectivity index (χ0) is 69.5. The number of esters is 3. The van der Waals surface area contributed by atoms with Gasteiger partial charge < -0.3 is 34.2 Å². The second-order valence-corrected chi connectivity index (χ2v) is 26.9. The third-order valence-corrected chi connectivity index (χ3v) is 16.7. The zero-order valence-corrected chi connectivity index (χ0v) is 60.8. The maximum absolute atomic E-state index is 12.9. The normalized spacial score (nSPS) is 14.9. The van der Waals surface area contributed by atoms with Crippen LogP contribution in [0.3, 0.4) is 0 Å². The van der Waals surface area contributed by atoms with E-state index >= 15 is 0 Å². The molecule has 0 aromatic carbocycles. The summed E-state index contributed by atoms with van der Waals surface area (Å²) in [6, 6.07) is 0. The fraction of sp³-hybridized carbons (Fsp3) is 0.675. The Morgan fingerprint density at radius 1 is 0.305 bits per heavy atom. The van der Waals surface area contributed by atoms with E-state index in [1.807, 2.05) is 0 Å². The van der Waals surface area contributed by atoms with E-state index in [-0.39, 0.29) is 19.3 Å². The predicted molar refractivity (Wildman–Crippen MR) is 390 cm³/mol. The molecule has 18 heteroatoms. The number of phosphoric acid groups is 2. The molecule has 0 aliphatic heterocycles. The number of ether oxygens (including phenoxy) is 3. The van der Waals surface area contributed by atoms with Crippen molar-refractivity contribution in [2.75, 3.05) is 39.6 Å². The predicted octanol–water partition coefficient (Wildman–Crippen LogP) is 20.8. The van der Waals surface area contributed by atoms with Crippen LogP contribution in [0.25, 0.3) is 0 Å². The Balaban J connectivity index is 4.54. The molecule has 0 fully saturated rings. The number of carbonyl (C=O) groups excluding carboxylic acids is 3. The first-order valence-electron chi connectivity index (χ1n) is 36.5. The third-order valence-electron chi connectivity index (χ3n) is 14.8. The maximum atomic E-state index is 12.9. The van der Waals surface area contributed by atoms with Crippen molar-refractivity contribution < 1.29 is 75.8 Å². The van der Waals surface area contributed by atoms with Crippen LogP contribution >= 0.6 is 15.6 Å². The van der Waals surface area contributed by atoms with E-state index in [0.717, 1.165) is 180 Å². The highest BCUT2D eigenvalue weighted by atomic mass is 31.2. The molecule has 4 N–H and O–H groups in total. The first-order chi connectivity index (χ1) is 46.2. The van der Waals surface area contributed by atoms with Crippen LogP contribution in [0.4, 0.5) is 0 Å². The molecule has 0 aliphatic carbocycles. The van der Waals surface area contributed by atoms with Gasteiger partial charge in [0.15, 0.2) is 6.10 Å². The molecule has 0 bridgehead atoms. The van der Waals surface area contributed by atoms with Gasteiger partial charge in [-0.3, -0.25) is 32.5 Å². The molecule has 5 atom stereocenters. The minimum atomic E-state index is -4.93. The number of aliphatic hydroxyl groups excluding tert-OH is 2. The fourth-order valence-electron chi connectivity index (χ4n) is 9.31. The van der Waals surface area contributed by atoms with Gasteiger partial charge in [-0.05, 0) is 128 Å². The number of rotatable bonds is 68. The molecule has 0 saturated carbocycles. The Kier molecular flexibility index (Phi) is 66.4. The monoisotopic (exact) mass is 1370 g/mol. The van der Waals surface area contributed by atoms with Crippen LogP contribution in [-0.2, 0) is 55.8 Å². The van der Waals surface area contributed by atoms with Gasteiger partial charge in [0, 0.05) is 19.3 Å². The van der Waals surface area contributed by atoms with Crippen molar-refractivity contribution in [2.24, 2.45) is 0 Å². The average molecular weight is 1370 g/mol. The van der Waals surface area contributed by atoms with Gasteiger partial charge in [0.2, 0.25) is 0 Å². The van der Waals surface area contributed by atoms with Gasteiger partial charge in [-0.15, -0.1) is 0 Å². The molecule has 0 spiro atoms.